The fraction of sp³-hybridized carbons (Fsp3) is 0.400. The van der Waals surface area contributed by atoms with Gasteiger partial charge in [0.15, 0.2) is 0 Å². The van der Waals surface area contributed by atoms with E-state index in [-0.39, 0.29) is 30.2 Å². The van der Waals surface area contributed by atoms with E-state index in [1.807, 2.05) is 11.8 Å². The molecule has 182 valence electrons. The average molecular weight is 506 g/mol. The first-order valence-electron chi connectivity index (χ1n) is 11.4. The molecule has 0 atom stereocenters. The van der Waals surface area contributed by atoms with Gasteiger partial charge < -0.3 is 15.4 Å². The number of carbonyl (C=O) groups excluding carboxylic acids is 3. The SMILES string of the molecule is CCCCOC(=O)c1ccc(NC(=O)C2CCN(CC(=O)Nc3ccc(Cl)c(Cl)c3)CC2)cc1. The second kappa shape index (κ2) is 12.7. The summed E-state index contributed by atoms with van der Waals surface area (Å²) < 4.78 is 5.19. The van der Waals surface area contributed by atoms with E-state index < -0.39 is 0 Å². The number of rotatable bonds is 9. The van der Waals surface area contributed by atoms with Crippen LogP contribution >= 0.6 is 23.2 Å². The normalized spacial score (nSPS) is 14.4. The molecule has 1 saturated heterocycles. The number of likely N-dealkylation sites (tertiary alicyclic amines) is 1. The number of ether oxygens (including phenoxy) is 1. The summed E-state index contributed by atoms with van der Waals surface area (Å²) in [4.78, 5) is 39.0. The molecular formula is C25H29Cl2N3O4. The maximum Gasteiger partial charge on any atom is 0.338 e. The van der Waals surface area contributed by atoms with Crippen molar-refractivity contribution in [2.75, 3.05) is 36.9 Å². The van der Waals surface area contributed by atoms with Gasteiger partial charge in [0.2, 0.25) is 11.8 Å². The molecule has 0 bridgehead atoms. The van der Waals surface area contributed by atoms with Crippen molar-refractivity contribution in [2.45, 2.75) is 32.6 Å². The van der Waals surface area contributed by atoms with Crippen molar-refractivity contribution in [3.63, 3.8) is 0 Å². The molecule has 3 rings (SSSR count). The number of halogens is 2. The summed E-state index contributed by atoms with van der Waals surface area (Å²) in [5.74, 6) is -0.692. The van der Waals surface area contributed by atoms with E-state index in [1.54, 1.807) is 42.5 Å². The molecule has 0 unspecified atom stereocenters. The number of benzene rings is 2. The zero-order chi connectivity index (χ0) is 24.5. The highest BCUT2D eigenvalue weighted by Crippen LogP contribution is 2.25. The molecule has 34 heavy (non-hydrogen) atoms. The topological polar surface area (TPSA) is 87.7 Å². The van der Waals surface area contributed by atoms with Gasteiger partial charge in [-0.1, -0.05) is 36.5 Å². The Kier molecular flexibility index (Phi) is 9.74. The van der Waals surface area contributed by atoms with Gasteiger partial charge in [0.05, 0.1) is 28.8 Å². The number of piperidine rings is 1. The van der Waals surface area contributed by atoms with Crippen LogP contribution < -0.4 is 10.6 Å². The lowest BCUT2D eigenvalue weighted by Crippen LogP contribution is -2.41. The lowest BCUT2D eigenvalue weighted by molar-refractivity contribution is -0.121. The average Bonchev–Trinajstić information content (AvgIpc) is 2.82. The molecule has 0 aliphatic carbocycles. The summed E-state index contributed by atoms with van der Waals surface area (Å²) in [5, 5.41) is 6.54. The minimum absolute atomic E-state index is 0.0572. The predicted molar refractivity (Wildman–Crippen MR) is 135 cm³/mol. The minimum atomic E-state index is -0.359. The molecule has 0 spiro atoms. The van der Waals surface area contributed by atoms with Gasteiger partial charge in [-0.3, -0.25) is 14.5 Å². The second-order valence-electron chi connectivity index (χ2n) is 8.28. The van der Waals surface area contributed by atoms with E-state index in [2.05, 4.69) is 10.6 Å². The van der Waals surface area contributed by atoms with E-state index in [0.29, 0.717) is 59.5 Å². The smallest absolute Gasteiger partial charge is 0.338 e. The van der Waals surface area contributed by atoms with Crippen LogP contribution in [0.25, 0.3) is 0 Å². The maximum absolute atomic E-state index is 12.7. The van der Waals surface area contributed by atoms with Crippen LogP contribution in [0.5, 0.6) is 0 Å². The van der Waals surface area contributed by atoms with E-state index in [1.165, 1.54) is 0 Å². The molecule has 2 aromatic carbocycles. The number of anilines is 2. The summed E-state index contributed by atoms with van der Waals surface area (Å²) in [6.07, 6.45) is 3.12. The van der Waals surface area contributed by atoms with Crippen molar-refractivity contribution in [3.8, 4) is 0 Å². The molecule has 2 aromatic rings. The lowest BCUT2D eigenvalue weighted by Gasteiger charge is -2.30. The standard InChI is InChI=1S/C25H29Cl2N3O4/c1-2-3-14-34-25(33)18-4-6-19(7-5-18)29-24(32)17-10-12-30(13-11-17)16-23(31)28-20-8-9-21(26)22(27)15-20/h4-9,15,17H,2-3,10-14,16H2,1H3,(H,28,31)(H,29,32). The number of unbranched alkanes of at least 4 members (excludes halogenated alkanes) is 1. The van der Waals surface area contributed by atoms with Gasteiger partial charge in [0, 0.05) is 17.3 Å². The Hall–Kier alpha value is -2.61. The first-order valence-corrected chi connectivity index (χ1v) is 12.2. The highest BCUT2D eigenvalue weighted by Gasteiger charge is 2.26. The maximum atomic E-state index is 12.7. The van der Waals surface area contributed by atoms with Gasteiger partial charge >= 0.3 is 5.97 Å². The van der Waals surface area contributed by atoms with E-state index >= 15 is 0 Å². The minimum Gasteiger partial charge on any atom is -0.462 e. The fourth-order valence-electron chi connectivity index (χ4n) is 3.66. The quantitative estimate of drug-likeness (QED) is 0.359. The van der Waals surface area contributed by atoms with Crippen molar-refractivity contribution in [1.82, 2.24) is 4.90 Å². The molecular weight excluding hydrogens is 477 g/mol. The van der Waals surface area contributed by atoms with Gasteiger partial charge in [-0.05, 0) is 74.8 Å². The number of hydrogen-bond acceptors (Lipinski definition) is 5. The summed E-state index contributed by atoms with van der Waals surface area (Å²) in [6, 6.07) is 11.7. The summed E-state index contributed by atoms with van der Waals surface area (Å²) in [5.41, 5.74) is 1.69. The predicted octanol–water partition coefficient (Wildman–Crippen LogP) is 5.24. The van der Waals surface area contributed by atoms with Crippen LogP contribution in [0.3, 0.4) is 0 Å². The van der Waals surface area contributed by atoms with Gasteiger partial charge in [-0.25, -0.2) is 4.79 Å². The number of nitrogens with zero attached hydrogens (tertiary/aromatic N) is 1. The number of esters is 1. The highest BCUT2D eigenvalue weighted by atomic mass is 35.5. The molecule has 1 aliphatic rings. The monoisotopic (exact) mass is 505 g/mol. The number of nitrogens with one attached hydrogen (secondary N) is 2. The van der Waals surface area contributed by atoms with Crippen molar-refractivity contribution in [2.24, 2.45) is 5.92 Å². The highest BCUT2D eigenvalue weighted by molar-refractivity contribution is 6.42. The molecule has 0 radical (unpaired) electrons. The molecule has 1 fully saturated rings. The third-order valence-corrected chi connectivity index (χ3v) is 6.39. The van der Waals surface area contributed by atoms with Crippen LogP contribution in [0.15, 0.2) is 42.5 Å². The van der Waals surface area contributed by atoms with Crippen LogP contribution in [-0.4, -0.2) is 48.9 Å². The van der Waals surface area contributed by atoms with E-state index in [9.17, 15) is 14.4 Å². The Morgan fingerprint density at radius 1 is 0.971 bits per heavy atom. The van der Waals surface area contributed by atoms with Crippen LogP contribution in [0, 0.1) is 5.92 Å². The van der Waals surface area contributed by atoms with Crippen molar-refractivity contribution in [1.29, 1.82) is 0 Å². The number of hydrogen-bond donors (Lipinski definition) is 2. The molecule has 1 heterocycles. The number of carbonyl (C=O) groups is 3. The van der Waals surface area contributed by atoms with Crippen molar-refractivity contribution >= 4 is 52.4 Å². The Bertz CT molecular complexity index is 1010. The first-order chi connectivity index (χ1) is 16.4. The Labute approximate surface area is 209 Å². The zero-order valence-electron chi connectivity index (χ0n) is 19.1. The Morgan fingerprint density at radius 2 is 1.65 bits per heavy atom. The number of amides is 2. The first kappa shape index (κ1) is 26.0. The molecule has 2 amide bonds. The van der Waals surface area contributed by atoms with Crippen LogP contribution in [0.4, 0.5) is 11.4 Å². The van der Waals surface area contributed by atoms with Crippen molar-refractivity contribution < 1.29 is 19.1 Å². The molecule has 0 aromatic heterocycles. The third kappa shape index (κ3) is 7.72. The van der Waals surface area contributed by atoms with Crippen LogP contribution in [0.1, 0.15) is 43.0 Å². The van der Waals surface area contributed by atoms with Gasteiger partial charge in [-0.15, -0.1) is 0 Å². The molecule has 0 saturated carbocycles. The molecule has 2 N–H and O–H groups in total. The Balaban J connectivity index is 1.41. The van der Waals surface area contributed by atoms with E-state index in [4.69, 9.17) is 27.9 Å². The van der Waals surface area contributed by atoms with Crippen LogP contribution in [0.2, 0.25) is 10.0 Å². The second-order valence-corrected chi connectivity index (χ2v) is 9.10. The summed E-state index contributed by atoms with van der Waals surface area (Å²) in [6.45, 7) is 3.98. The zero-order valence-corrected chi connectivity index (χ0v) is 20.6. The molecule has 1 aliphatic heterocycles. The Morgan fingerprint density at radius 3 is 2.29 bits per heavy atom. The van der Waals surface area contributed by atoms with Gasteiger partial charge in [-0.2, -0.15) is 0 Å². The van der Waals surface area contributed by atoms with Gasteiger partial charge in [0.25, 0.3) is 0 Å². The fourth-order valence-corrected chi connectivity index (χ4v) is 3.96. The van der Waals surface area contributed by atoms with E-state index in [0.717, 1.165) is 12.8 Å². The third-order valence-electron chi connectivity index (χ3n) is 5.65. The van der Waals surface area contributed by atoms with Crippen LogP contribution in [-0.2, 0) is 14.3 Å². The summed E-state index contributed by atoms with van der Waals surface area (Å²) >= 11 is 11.9. The molecule has 7 nitrogen and oxygen atoms in total. The molecule has 9 heteroatoms. The largest absolute Gasteiger partial charge is 0.462 e. The summed E-state index contributed by atoms with van der Waals surface area (Å²) in [7, 11) is 0. The van der Waals surface area contributed by atoms with Crippen molar-refractivity contribution in [3.05, 3.63) is 58.1 Å². The lowest BCUT2D eigenvalue weighted by atomic mass is 9.95. The van der Waals surface area contributed by atoms with Gasteiger partial charge in [0.1, 0.15) is 0 Å².